The number of hydrogen-bond donors (Lipinski definition) is 0. The summed E-state index contributed by atoms with van der Waals surface area (Å²) in [6.07, 6.45) is 0. The molecular weight excluding hydrogens is 340 g/mol. The highest BCUT2D eigenvalue weighted by atomic mass is 79.9. The van der Waals surface area contributed by atoms with Crippen molar-refractivity contribution in [3.63, 3.8) is 0 Å². The van der Waals surface area contributed by atoms with Gasteiger partial charge in [-0.05, 0) is 48.8 Å². The molecule has 0 bridgehead atoms. The van der Waals surface area contributed by atoms with Crippen LogP contribution in [0.15, 0.2) is 22.7 Å². The van der Waals surface area contributed by atoms with Gasteiger partial charge in [0.25, 0.3) is 5.91 Å². The molecule has 1 amide bonds. The van der Waals surface area contributed by atoms with Crippen LogP contribution >= 0.6 is 27.5 Å². The number of nitrogens with zero attached hydrogens (tertiary/aromatic N) is 2. The van der Waals surface area contributed by atoms with Crippen LogP contribution in [0.5, 0.6) is 0 Å². The van der Waals surface area contributed by atoms with Gasteiger partial charge in [0.05, 0.1) is 10.6 Å². The molecule has 0 atom stereocenters. The predicted molar refractivity (Wildman–Crippen MR) is 86.4 cm³/mol. The lowest BCUT2D eigenvalue weighted by atomic mass is 10.0. The van der Waals surface area contributed by atoms with Gasteiger partial charge in [-0.3, -0.25) is 9.69 Å². The standard InChI is InChI=1S/C15H20BrClN2O/c1-15(2,3)19-9-7-18(8-10-19)14(20)11-5-4-6-12(16)13(11)17/h4-6H,7-10H2,1-3H3. The number of benzene rings is 1. The molecule has 110 valence electrons. The highest BCUT2D eigenvalue weighted by molar-refractivity contribution is 9.10. The van der Waals surface area contributed by atoms with Crippen molar-refractivity contribution in [2.45, 2.75) is 26.3 Å². The maximum absolute atomic E-state index is 12.5. The first-order chi connectivity index (χ1) is 9.30. The monoisotopic (exact) mass is 358 g/mol. The van der Waals surface area contributed by atoms with Crippen LogP contribution in [0.3, 0.4) is 0 Å². The molecule has 1 saturated heterocycles. The Morgan fingerprint density at radius 3 is 2.35 bits per heavy atom. The Balaban J connectivity index is 2.07. The highest BCUT2D eigenvalue weighted by Gasteiger charge is 2.28. The molecule has 0 N–H and O–H groups in total. The zero-order chi connectivity index (χ0) is 14.9. The fourth-order valence-electron chi connectivity index (χ4n) is 2.42. The van der Waals surface area contributed by atoms with E-state index in [0.29, 0.717) is 10.6 Å². The summed E-state index contributed by atoms with van der Waals surface area (Å²) < 4.78 is 0.762. The smallest absolute Gasteiger partial charge is 0.255 e. The molecule has 1 aromatic carbocycles. The molecule has 20 heavy (non-hydrogen) atoms. The van der Waals surface area contributed by atoms with Gasteiger partial charge < -0.3 is 4.90 Å². The van der Waals surface area contributed by atoms with Crippen LogP contribution in [-0.4, -0.2) is 47.4 Å². The summed E-state index contributed by atoms with van der Waals surface area (Å²) >= 11 is 9.57. The number of halogens is 2. The van der Waals surface area contributed by atoms with Gasteiger partial charge >= 0.3 is 0 Å². The van der Waals surface area contributed by atoms with Gasteiger partial charge in [-0.15, -0.1) is 0 Å². The minimum Gasteiger partial charge on any atom is -0.336 e. The average molecular weight is 360 g/mol. The summed E-state index contributed by atoms with van der Waals surface area (Å²) in [4.78, 5) is 16.8. The first kappa shape index (κ1) is 15.8. The van der Waals surface area contributed by atoms with Crippen molar-refractivity contribution >= 4 is 33.4 Å². The van der Waals surface area contributed by atoms with E-state index < -0.39 is 0 Å². The average Bonchev–Trinajstić information content (AvgIpc) is 2.40. The van der Waals surface area contributed by atoms with Crippen molar-refractivity contribution in [1.82, 2.24) is 9.80 Å². The van der Waals surface area contributed by atoms with Crippen LogP contribution in [-0.2, 0) is 0 Å². The zero-order valence-electron chi connectivity index (χ0n) is 12.1. The Labute approximate surface area is 134 Å². The lowest BCUT2D eigenvalue weighted by Crippen LogP contribution is -2.54. The Morgan fingerprint density at radius 2 is 1.80 bits per heavy atom. The summed E-state index contributed by atoms with van der Waals surface area (Å²) in [5.74, 6) is 0.0184. The summed E-state index contributed by atoms with van der Waals surface area (Å²) in [5.41, 5.74) is 0.730. The molecule has 3 nitrogen and oxygen atoms in total. The normalized spacial score (nSPS) is 17.4. The Bertz CT molecular complexity index is 505. The Kier molecular flexibility index (Phi) is 4.77. The molecule has 1 aromatic rings. The van der Waals surface area contributed by atoms with E-state index >= 15 is 0 Å². The minimum absolute atomic E-state index is 0.0184. The van der Waals surface area contributed by atoms with Crippen molar-refractivity contribution in [1.29, 1.82) is 0 Å². The van der Waals surface area contributed by atoms with Crippen LogP contribution < -0.4 is 0 Å². The quantitative estimate of drug-likeness (QED) is 0.764. The first-order valence-corrected chi connectivity index (χ1v) is 7.96. The summed E-state index contributed by atoms with van der Waals surface area (Å²) in [6, 6.07) is 5.47. The number of amides is 1. The van der Waals surface area contributed by atoms with Crippen LogP contribution in [0.4, 0.5) is 0 Å². The number of hydrogen-bond acceptors (Lipinski definition) is 2. The molecule has 0 aliphatic carbocycles. The van der Waals surface area contributed by atoms with E-state index in [0.717, 1.165) is 30.7 Å². The molecule has 0 spiro atoms. The largest absolute Gasteiger partial charge is 0.336 e. The van der Waals surface area contributed by atoms with Gasteiger partial charge in [0, 0.05) is 36.2 Å². The molecule has 0 aromatic heterocycles. The van der Waals surface area contributed by atoms with E-state index in [4.69, 9.17) is 11.6 Å². The second kappa shape index (κ2) is 6.04. The second-order valence-electron chi connectivity index (χ2n) is 6.05. The Hall–Kier alpha value is -0.580. The van der Waals surface area contributed by atoms with E-state index in [9.17, 15) is 4.79 Å². The second-order valence-corrected chi connectivity index (χ2v) is 7.28. The topological polar surface area (TPSA) is 23.6 Å². The molecule has 2 rings (SSSR count). The van der Waals surface area contributed by atoms with E-state index in [1.807, 2.05) is 17.0 Å². The van der Waals surface area contributed by atoms with E-state index in [1.165, 1.54) is 0 Å². The zero-order valence-corrected chi connectivity index (χ0v) is 14.5. The lowest BCUT2D eigenvalue weighted by Gasteiger charge is -2.42. The highest BCUT2D eigenvalue weighted by Crippen LogP contribution is 2.27. The molecule has 1 heterocycles. The van der Waals surface area contributed by atoms with Crippen LogP contribution in [0, 0.1) is 0 Å². The van der Waals surface area contributed by atoms with Gasteiger partial charge in [0.2, 0.25) is 0 Å². The maximum Gasteiger partial charge on any atom is 0.255 e. The maximum atomic E-state index is 12.5. The summed E-state index contributed by atoms with van der Waals surface area (Å²) in [5, 5.41) is 0.496. The summed E-state index contributed by atoms with van der Waals surface area (Å²) in [7, 11) is 0. The Morgan fingerprint density at radius 1 is 1.20 bits per heavy atom. The van der Waals surface area contributed by atoms with Gasteiger partial charge in [-0.25, -0.2) is 0 Å². The first-order valence-electron chi connectivity index (χ1n) is 6.79. The van der Waals surface area contributed by atoms with E-state index in [-0.39, 0.29) is 11.4 Å². The number of rotatable bonds is 1. The van der Waals surface area contributed by atoms with Gasteiger partial charge in [0.1, 0.15) is 0 Å². The fourth-order valence-corrected chi connectivity index (χ4v) is 2.99. The molecule has 1 aliphatic heterocycles. The van der Waals surface area contributed by atoms with Crippen molar-refractivity contribution in [3.05, 3.63) is 33.3 Å². The molecule has 1 fully saturated rings. The number of piperazine rings is 1. The van der Waals surface area contributed by atoms with Gasteiger partial charge in [-0.1, -0.05) is 17.7 Å². The van der Waals surface area contributed by atoms with E-state index in [2.05, 4.69) is 41.6 Å². The SMILES string of the molecule is CC(C)(C)N1CCN(C(=O)c2cccc(Br)c2Cl)CC1. The van der Waals surface area contributed by atoms with Crippen LogP contribution in [0.25, 0.3) is 0 Å². The third-order valence-corrected chi connectivity index (χ3v) is 4.99. The van der Waals surface area contributed by atoms with Crippen molar-refractivity contribution in [3.8, 4) is 0 Å². The molecule has 0 saturated carbocycles. The predicted octanol–water partition coefficient (Wildman–Crippen LogP) is 3.66. The van der Waals surface area contributed by atoms with Crippen LogP contribution in [0.2, 0.25) is 5.02 Å². The minimum atomic E-state index is 0.0184. The molecule has 0 radical (unpaired) electrons. The van der Waals surface area contributed by atoms with Crippen molar-refractivity contribution < 1.29 is 4.79 Å². The van der Waals surface area contributed by atoms with Gasteiger partial charge in [-0.2, -0.15) is 0 Å². The molecule has 0 unspecified atom stereocenters. The van der Waals surface area contributed by atoms with Crippen molar-refractivity contribution in [2.75, 3.05) is 26.2 Å². The van der Waals surface area contributed by atoms with E-state index in [1.54, 1.807) is 6.07 Å². The number of carbonyl (C=O) groups is 1. The lowest BCUT2D eigenvalue weighted by molar-refractivity contribution is 0.0451. The molecular formula is C15H20BrClN2O. The van der Waals surface area contributed by atoms with Crippen molar-refractivity contribution in [2.24, 2.45) is 0 Å². The third kappa shape index (κ3) is 3.35. The summed E-state index contributed by atoms with van der Waals surface area (Å²) in [6.45, 7) is 9.92. The molecule has 1 aliphatic rings. The third-order valence-electron chi connectivity index (χ3n) is 3.70. The number of carbonyl (C=O) groups excluding carboxylic acids is 1. The van der Waals surface area contributed by atoms with Crippen LogP contribution in [0.1, 0.15) is 31.1 Å². The molecule has 5 heteroatoms. The van der Waals surface area contributed by atoms with Gasteiger partial charge in [0.15, 0.2) is 0 Å². The fraction of sp³-hybridized carbons (Fsp3) is 0.533.